The van der Waals surface area contributed by atoms with Gasteiger partial charge in [-0.2, -0.15) is 0 Å². The highest BCUT2D eigenvalue weighted by Gasteiger charge is 2.33. The third kappa shape index (κ3) is 3.35. The van der Waals surface area contributed by atoms with Gasteiger partial charge in [-0.25, -0.2) is 4.79 Å². The molecule has 0 spiro atoms. The maximum atomic E-state index is 12.7. The number of rotatable bonds is 3. The maximum Gasteiger partial charge on any atom is 0.328 e. The van der Waals surface area contributed by atoms with Crippen LogP contribution < -0.4 is 4.90 Å². The topological polar surface area (TPSA) is 49.9 Å². The minimum atomic E-state index is -0.459. The summed E-state index contributed by atoms with van der Waals surface area (Å²) in [4.78, 5) is 28.2. The molecule has 5 nitrogen and oxygen atoms in total. The van der Waals surface area contributed by atoms with Gasteiger partial charge in [0.1, 0.15) is 6.04 Å². The summed E-state index contributed by atoms with van der Waals surface area (Å²) in [6, 6.07) is 6.99. The van der Waals surface area contributed by atoms with Crippen LogP contribution in [0.2, 0.25) is 0 Å². The van der Waals surface area contributed by atoms with Crippen LogP contribution in [0.25, 0.3) is 0 Å². The van der Waals surface area contributed by atoms with Gasteiger partial charge in [0.25, 0.3) is 5.91 Å². The first-order valence-electron chi connectivity index (χ1n) is 7.20. The van der Waals surface area contributed by atoms with Gasteiger partial charge in [-0.3, -0.25) is 4.79 Å². The number of piperidine rings is 1. The predicted octanol–water partition coefficient (Wildman–Crippen LogP) is 1.92. The lowest BCUT2D eigenvalue weighted by Crippen LogP contribution is -2.48. The van der Waals surface area contributed by atoms with Crippen molar-refractivity contribution < 1.29 is 14.3 Å². The molecule has 1 aliphatic rings. The van der Waals surface area contributed by atoms with Crippen LogP contribution in [0.5, 0.6) is 0 Å². The predicted molar refractivity (Wildman–Crippen MR) is 81.5 cm³/mol. The number of hydrogen-bond donors (Lipinski definition) is 0. The van der Waals surface area contributed by atoms with Gasteiger partial charge in [0.15, 0.2) is 0 Å². The Balaban J connectivity index is 2.24. The number of likely N-dealkylation sites (tertiary alicyclic amines) is 1. The van der Waals surface area contributed by atoms with Crippen molar-refractivity contribution in [1.29, 1.82) is 0 Å². The summed E-state index contributed by atoms with van der Waals surface area (Å²) < 4.78 is 4.83. The standard InChI is InChI=1S/C16H22N2O3/c1-17(2)13-8-6-7-12(11-13)15(19)18-10-5-4-9-14(18)16(20)21-3/h6-8,11,14H,4-5,9-10H2,1-3H3/t14-/m1/s1. The van der Waals surface area contributed by atoms with Gasteiger partial charge in [0.05, 0.1) is 7.11 Å². The van der Waals surface area contributed by atoms with Gasteiger partial charge in [0.2, 0.25) is 0 Å². The van der Waals surface area contributed by atoms with E-state index in [0.717, 1.165) is 18.5 Å². The van der Waals surface area contributed by atoms with E-state index >= 15 is 0 Å². The first-order valence-corrected chi connectivity index (χ1v) is 7.20. The highest BCUT2D eigenvalue weighted by Crippen LogP contribution is 2.22. The number of nitrogens with zero attached hydrogens (tertiary/aromatic N) is 2. The third-order valence-corrected chi connectivity index (χ3v) is 3.85. The van der Waals surface area contributed by atoms with Gasteiger partial charge in [-0.05, 0) is 37.5 Å². The number of esters is 1. The molecule has 1 atom stereocenters. The van der Waals surface area contributed by atoms with Crippen LogP contribution in [-0.4, -0.2) is 50.6 Å². The van der Waals surface area contributed by atoms with Crippen LogP contribution in [0.1, 0.15) is 29.6 Å². The number of carbonyl (C=O) groups is 2. The highest BCUT2D eigenvalue weighted by atomic mass is 16.5. The van der Waals surface area contributed by atoms with E-state index < -0.39 is 6.04 Å². The number of methoxy groups -OCH3 is 1. The van der Waals surface area contributed by atoms with Crippen LogP contribution in [-0.2, 0) is 9.53 Å². The zero-order valence-corrected chi connectivity index (χ0v) is 12.8. The van der Waals surface area contributed by atoms with Gasteiger partial charge in [-0.15, -0.1) is 0 Å². The fourth-order valence-electron chi connectivity index (χ4n) is 2.64. The van der Waals surface area contributed by atoms with Gasteiger partial charge in [0, 0.05) is 31.9 Å². The molecule has 0 saturated carbocycles. The summed E-state index contributed by atoms with van der Waals surface area (Å²) in [6.45, 7) is 0.602. The van der Waals surface area contributed by atoms with Crippen molar-refractivity contribution in [2.45, 2.75) is 25.3 Å². The molecule has 0 radical (unpaired) electrons. The summed E-state index contributed by atoms with van der Waals surface area (Å²) in [6.07, 6.45) is 2.54. The average Bonchev–Trinajstić information content (AvgIpc) is 2.53. The Kier molecular flexibility index (Phi) is 4.83. The van der Waals surface area contributed by atoms with E-state index in [2.05, 4.69) is 0 Å². The second-order valence-corrected chi connectivity index (χ2v) is 5.48. The van der Waals surface area contributed by atoms with E-state index in [-0.39, 0.29) is 11.9 Å². The number of benzene rings is 1. The van der Waals surface area contributed by atoms with E-state index in [1.807, 2.05) is 37.2 Å². The minimum Gasteiger partial charge on any atom is -0.467 e. The zero-order valence-electron chi connectivity index (χ0n) is 12.8. The van der Waals surface area contributed by atoms with Crippen molar-refractivity contribution in [3.63, 3.8) is 0 Å². The average molecular weight is 290 g/mol. The lowest BCUT2D eigenvalue weighted by atomic mass is 10.0. The second-order valence-electron chi connectivity index (χ2n) is 5.48. The molecule has 1 fully saturated rings. The molecule has 0 aliphatic carbocycles. The van der Waals surface area contributed by atoms with E-state index in [4.69, 9.17) is 4.74 Å². The van der Waals surface area contributed by atoms with Crippen molar-refractivity contribution in [3.05, 3.63) is 29.8 Å². The molecule has 114 valence electrons. The largest absolute Gasteiger partial charge is 0.467 e. The Labute approximate surface area is 125 Å². The van der Waals surface area contributed by atoms with E-state index in [1.54, 1.807) is 11.0 Å². The number of amides is 1. The number of anilines is 1. The van der Waals surface area contributed by atoms with Crippen molar-refractivity contribution >= 4 is 17.6 Å². The molecule has 0 N–H and O–H groups in total. The Bertz CT molecular complexity index is 528. The quantitative estimate of drug-likeness (QED) is 0.798. The summed E-state index contributed by atoms with van der Waals surface area (Å²) >= 11 is 0. The van der Waals surface area contributed by atoms with Crippen LogP contribution in [0, 0.1) is 0 Å². The smallest absolute Gasteiger partial charge is 0.328 e. The summed E-state index contributed by atoms with van der Waals surface area (Å²) in [5.74, 6) is -0.430. The lowest BCUT2D eigenvalue weighted by molar-refractivity contribution is -0.147. The molecule has 1 heterocycles. The summed E-state index contributed by atoms with van der Waals surface area (Å²) in [5.41, 5.74) is 1.57. The Morgan fingerprint density at radius 1 is 1.29 bits per heavy atom. The van der Waals surface area contributed by atoms with Crippen molar-refractivity contribution in [2.75, 3.05) is 32.6 Å². The SMILES string of the molecule is COC(=O)[C@H]1CCCCN1C(=O)c1cccc(N(C)C)c1. The van der Waals surface area contributed by atoms with E-state index in [0.29, 0.717) is 18.5 Å². The minimum absolute atomic E-state index is 0.103. The maximum absolute atomic E-state index is 12.7. The molecule has 5 heteroatoms. The molecule has 0 bridgehead atoms. The highest BCUT2D eigenvalue weighted by molar-refractivity contribution is 5.97. The molecule has 1 amide bonds. The number of carbonyl (C=O) groups excluding carboxylic acids is 2. The molecular formula is C16H22N2O3. The summed E-state index contributed by atoms with van der Waals surface area (Å²) in [5, 5.41) is 0. The molecule has 2 rings (SSSR count). The molecule has 1 saturated heterocycles. The fraction of sp³-hybridized carbons (Fsp3) is 0.500. The van der Waals surface area contributed by atoms with Crippen molar-refractivity contribution in [2.24, 2.45) is 0 Å². The van der Waals surface area contributed by atoms with Crippen LogP contribution in [0.3, 0.4) is 0 Å². The first-order chi connectivity index (χ1) is 10.0. The van der Waals surface area contributed by atoms with Crippen molar-refractivity contribution in [3.8, 4) is 0 Å². The molecule has 0 unspecified atom stereocenters. The Morgan fingerprint density at radius 2 is 2.05 bits per heavy atom. The first kappa shape index (κ1) is 15.4. The van der Waals surface area contributed by atoms with E-state index in [9.17, 15) is 9.59 Å². The second kappa shape index (κ2) is 6.61. The van der Waals surface area contributed by atoms with Crippen LogP contribution >= 0.6 is 0 Å². The molecule has 0 aromatic heterocycles. The molecule has 1 aromatic rings. The van der Waals surface area contributed by atoms with Gasteiger partial charge >= 0.3 is 5.97 Å². The number of hydrogen-bond acceptors (Lipinski definition) is 4. The number of ether oxygens (including phenoxy) is 1. The normalized spacial score (nSPS) is 18.2. The molecule has 21 heavy (non-hydrogen) atoms. The van der Waals surface area contributed by atoms with Crippen molar-refractivity contribution in [1.82, 2.24) is 4.90 Å². The van der Waals surface area contributed by atoms with Crippen LogP contribution in [0.4, 0.5) is 5.69 Å². The monoisotopic (exact) mass is 290 g/mol. The Morgan fingerprint density at radius 3 is 2.71 bits per heavy atom. The molecular weight excluding hydrogens is 268 g/mol. The van der Waals surface area contributed by atoms with E-state index in [1.165, 1.54) is 7.11 Å². The van der Waals surface area contributed by atoms with Crippen LogP contribution in [0.15, 0.2) is 24.3 Å². The fourth-order valence-corrected chi connectivity index (χ4v) is 2.64. The summed E-state index contributed by atoms with van der Waals surface area (Å²) in [7, 11) is 5.23. The molecule has 1 aliphatic heterocycles. The Hall–Kier alpha value is -2.04. The molecule has 1 aromatic carbocycles. The zero-order chi connectivity index (χ0) is 15.4. The third-order valence-electron chi connectivity index (χ3n) is 3.85. The lowest BCUT2D eigenvalue weighted by Gasteiger charge is -2.34. The van der Waals surface area contributed by atoms with Gasteiger partial charge < -0.3 is 14.5 Å². The van der Waals surface area contributed by atoms with Gasteiger partial charge in [-0.1, -0.05) is 6.07 Å².